The Morgan fingerprint density at radius 1 is 1.13 bits per heavy atom. The quantitative estimate of drug-likeness (QED) is 0.829. The van der Waals surface area contributed by atoms with Crippen LogP contribution in [0.15, 0.2) is 21.1 Å². The van der Waals surface area contributed by atoms with Crippen molar-refractivity contribution in [1.29, 1.82) is 0 Å². The van der Waals surface area contributed by atoms with E-state index in [1.165, 1.54) is 6.26 Å². The van der Waals surface area contributed by atoms with Crippen LogP contribution in [0.4, 0.5) is 0 Å². The lowest BCUT2D eigenvalue weighted by molar-refractivity contribution is 0.453. The van der Waals surface area contributed by atoms with Crippen LogP contribution in [0.3, 0.4) is 0 Å². The van der Waals surface area contributed by atoms with Crippen molar-refractivity contribution in [3.63, 3.8) is 0 Å². The number of oxazole rings is 1. The van der Waals surface area contributed by atoms with E-state index in [4.69, 9.17) is 27.6 Å². The second kappa shape index (κ2) is 4.34. The van der Waals surface area contributed by atoms with Crippen molar-refractivity contribution in [2.24, 2.45) is 0 Å². The molecule has 0 aliphatic rings. The zero-order valence-corrected chi connectivity index (χ0v) is 9.77. The molecule has 0 aromatic carbocycles. The first-order chi connectivity index (χ1) is 7.13. The third-order valence-corrected chi connectivity index (χ3v) is 2.40. The van der Waals surface area contributed by atoms with Crippen molar-refractivity contribution >= 4 is 35.0 Å². The van der Waals surface area contributed by atoms with E-state index in [0.717, 1.165) is 17.5 Å². The minimum absolute atomic E-state index is 0.0424. The first-order valence-corrected chi connectivity index (χ1v) is 5.38. The normalized spacial score (nSPS) is 10.6. The molecule has 15 heavy (non-hydrogen) atoms. The van der Waals surface area contributed by atoms with Gasteiger partial charge in [-0.25, -0.2) is 4.98 Å². The molecule has 0 unspecified atom stereocenters. The monoisotopic (exact) mass is 262 g/mol. The van der Waals surface area contributed by atoms with E-state index in [2.05, 4.69) is 19.9 Å². The first-order valence-electron chi connectivity index (χ1n) is 3.80. The maximum Gasteiger partial charge on any atom is 0.263 e. The van der Waals surface area contributed by atoms with Crippen molar-refractivity contribution in [3.05, 3.63) is 22.5 Å². The minimum Gasteiger partial charge on any atom is -0.439 e. The van der Waals surface area contributed by atoms with Crippen molar-refractivity contribution in [2.75, 3.05) is 0 Å². The summed E-state index contributed by atoms with van der Waals surface area (Å²) < 4.78 is 5.11. The van der Waals surface area contributed by atoms with Gasteiger partial charge >= 0.3 is 0 Å². The van der Waals surface area contributed by atoms with Gasteiger partial charge in [0, 0.05) is 11.8 Å². The number of aromatic nitrogens is 4. The number of aryl methyl sites for hydroxylation is 1. The highest BCUT2D eigenvalue weighted by atomic mass is 35.5. The standard InChI is InChI=1S/C7H4Cl2N4OS/c1-3-2-14-7(10-3)15-6-12-4(8)11-5(9)13-6/h2H,1H3. The van der Waals surface area contributed by atoms with Gasteiger partial charge in [0.2, 0.25) is 15.7 Å². The molecule has 0 saturated carbocycles. The molecule has 2 aromatic heterocycles. The lowest BCUT2D eigenvalue weighted by Crippen LogP contribution is -1.91. The van der Waals surface area contributed by atoms with Gasteiger partial charge in [-0.05, 0) is 30.1 Å². The van der Waals surface area contributed by atoms with Crippen molar-refractivity contribution in [3.8, 4) is 0 Å². The highest BCUT2D eigenvalue weighted by Gasteiger charge is 2.09. The molecule has 0 saturated heterocycles. The number of rotatable bonds is 2. The van der Waals surface area contributed by atoms with Gasteiger partial charge in [-0.1, -0.05) is 0 Å². The van der Waals surface area contributed by atoms with Crippen molar-refractivity contribution < 1.29 is 4.42 Å². The molecule has 78 valence electrons. The van der Waals surface area contributed by atoms with Gasteiger partial charge in [0.25, 0.3) is 5.22 Å². The zero-order valence-electron chi connectivity index (χ0n) is 7.44. The largest absolute Gasteiger partial charge is 0.439 e. The summed E-state index contributed by atoms with van der Waals surface area (Å²) in [5, 5.41) is 0.870. The summed E-state index contributed by atoms with van der Waals surface area (Å²) in [4.78, 5) is 15.4. The summed E-state index contributed by atoms with van der Waals surface area (Å²) in [6.45, 7) is 1.82. The van der Waals surface area contributed by atoms with Gasteiger partial charge in [-0.15, -0.1) is 0 Å². The Kier molecular flexibility index (Phi) is 3.08. The van der Waals surface area contributed by atoms with Crippen LogP contribution in [0.25, 0.3) is 0 Å². The van der Waals surface area contributed by atoms with Crippen molar-refractivity contribution in [2.45, 2.75) is 17.3 Å². The van der Waals surface area contributed by atoms with E-state index in [1.54, 1.807) is 0 Å². The van der Waals surface area contributed by atoms with E-state index < -0.39 is 0 Å². The summed E-state index contributed by atoms with van der Waals surface area (Å²) in [6, 6.07) is 0. The van der Waals surface area contributed by atoms with Gasteiger partial charge in [-0.2, -0.15) is 15.0 Å². The highest BCUT2D eigenvalue weighted by Crippen LogP contribution is 2.24. The maximum absolute atomic E-state index is 5.61. The summed E-state index contributed by atoms with van der Waals surface area (Å²) in [7, 11) is 0. The summed E-state index contributed by atoms with van der Waals surface area (Å²) in [5.41, 5.74) is 0.781. The molecular formula is C7H4Cl2N4OS. The van der Waals surface area contributed by atoms with Gasteiger partial charge in [0.1, 0.15) is 6.26 Å². The van der Waals surface area contributed by atoms with E-state index in [0.29, 0.717) is 10.4 Å². The predicted octanol–water partition coefficient (Wildman–Crippen LogP) is 2.63. The van der Waals surface area contributed by atoms with Crippen LogP contribution in [-0.4, -0.2) is 19.9 Å². The fourth-order valence-electron chi connectivity index (χ4n) is 0.812. The molecule has 2 heterocycles. The van der Waals surface area contributed by atoms with Crippen LogP contribution in [0.2, 0.25) is 10.6 Å². The zero-order chi connectivity index (χ0) is 10.8. The fourth-order valence-corrected chi connectivity index (χ4v) is 1.98. The molecule has 0 fully saturated rings. The molecule has 0 radical (unpaired) electrons. The summed E-state index contributed by atoms with van der Waals surface area (Å²) in [5.74, 6) is 0. The third kappa shape index (κ3) is 2.80. The fraction of sp³-hybridized carbons (Fsp3) is 0.143. The molecule has 0 atom stereocenters. The molecule has 0 bridgehead atoms. The Labute approximate surface area is 99.3 Å². The van der Waals surface area contributed by atoms with Crippen LogP contribution in [0.1, 0.15) is 5.69 Å². The molecule has 0 spiro atoms. The summed E-state index contributed by atoms with van der Waals surface area (Å²) >= 11 is 12.3. The third-order valence-electron chi connectivity index (χ3n) is 1.34. The van der Waals surface area contributed by atoms with Gasteiger partial charge in [0.05, 0.1) is 5.69 Å². The smallest absolute Gasteiger partial charge is 0.263 e. The molecule has 0 amide bonds. The Bertz CT molecular complexity index is 469. The average Bonchev–Trinajstić information content (AvgIpc) is 2.49. The lowest BCUT2D eigenvalue weighted by atomic mass is 10.6. The van der Waals surface area contributed by atoms with E-state index in [9.17, 15) is 0 Å². The number of nitrogens with zero attached hydrogens (tertiary/aromatic N) is 4. The van der Waals surface area contributed by atoms with Crippen LogP contribution >= 0.6 is 35.0 Å². The Balaban J connectivity index is 2.24. The second-order valence-corrected chi connectivity index (χ2v) is 4.11. The predicted molar refractivity (Wildman–Crippen MR) is 55.2 cm³/mol. The van der Waals surface area contributed by atoms with Crippen molar-refractivity contribution in [1.82, 2.24) is 19.9 Å². The summed E-state index contributed by atoms with van der Waals surface area (Å²) in [6.07, 6.45) is 1.53. The van der Waals surface area contributed by atoms with E-state index in [-0.39, 0.29) is 10.6 Å². The number of halogens is 2. The first kappa shape index (κ1) is 10.7. The molecule has 8 heteroatoms. The topological polar surface area (TPSA) is 64.7 Å². The lowest BCUT2D eigenvalue weighted by Gasteiger charge is -1.95. The molecule has 2 aromatic rings. The molecule has 0 N–H and O–H groups in total. The molecule has 2 rings (SSSR count). The minimum atomic E-state index is 0.0424. The highest BCUT2D eigenvalue weighted by molar-refractivity contribution is 7.98. The SMILES string of the molecule is Cc1coc(Sc2nc(Cl)nc(Cl)n2)n1. The Hall–Kier alpha value is -0.850. The molecule has 0 aliphatic heterocycles. The van der Waals surface area contributed by atoms with Crippen LogP contribution in [0.5, 0.6) is 0 Å². The Morgan fingerprint density at radius 3 is 2.33 bits per heavy atom. The average molecular weight is 263 g/mol. The van der Waals surface area contributed by atoms with Crippen LogP contribution < -0.4 is 0 Å². The second-order valence-electron chi connectivity index (χ2n) is 2.51. The number of hydrogen-bond donors (Lipinski definition) is 0. The van der Waals surface area contributed by atoms with Gasteiger partial charge in [0.15, 0.2) is 0 Å². The van der Waals surface area contributed by atoms with Crippen LogP contribution in [0, 0.1) is 6.92 Å². The molecular weight excluding hydrogens is 259 g/mol. The number of hydrogen-bond acceptors (Lipinski definition) is 6. The van der Waals surface area contributed by atoms with E-state index >= 15 is 0 Å². The Morgan fingerprint density at radius 2 is 1.80 bits per heavy atom. The van der Waals surface area contributed by atoms with Gasteiger partial charge in [-0.3, -0.25) is 0 Å². The molecule has 0 aliphatic carbocycles. The van der Waals surface area contributed by atoms with Gasteiger partial charge < -0.3 is 4.42 Å². The van der Waals surface area contributed by atoms with E-state index in [1.807, 2.05) is 6.92 Å². The van der Waals surface area contributed by atoms with Crippen LogP contribution in [-0.2, 0) is 0 Å². The maximum atomic E-state index is 5.61. The molecule has 5 nitrogen and oxygen atoms in total.